The first-order chi connectivity index (χ1) is 4.69. The van der Waals surface area contributed by atoms with Crippen molar-refractivity contribution < 1.29 is 23.2 Å². The van der Waals surface area contributed by atoms with Gasteiger partial charge in [-0.1, -0.05) is 29.0 Å². The highest BCUT2D eigenvalue weighted by Crippen LogP contribution is 2.30. The minimum absolute atomic E-state index is 0. The molecule has 68 valence electrons. The number of halogens is 2. The molecule has 0 aromatic rings. The number of rotatable bonds is 1. The van der Waals surface area contributed by atoms with Crippen molar-refractivity contribution in [2.45, 2.75) is 35.1 Å². The van der Waals surface area contributed by atoms with Crippen molar-refractivity contribution in [3.63, 3.8) is 0 Å². The van der Waals surface area contributed by atoms with Crippen molar-refractivity contribution >= 4 is 22.6 Å². The van der Waals surface area contributed by atoms with Gasteiger partial charge in [0, 0.05) is 6.42 Å². The van der Waals surface area contributed by atoms with Crippen LogP contribution in [0, 0.1) is 0 Å². The number of aliphatic hydroxyl groups is 1. The summed E-state index contributed by atoms with van der Waals surface area (Å²) >= 11 is 2.41. The van der Waals surface area contributed by atoms with Gasteiger partial charge in [-0.2, -0.15) is 0 Å². The van der Waals surface area contributed by atoms with Crippen molar-refractivity contribution in [2.75, 3.05) is 6.61 Å². The van der Waals surface area contributed by atoms with Gasteiger partial charge in [-0.3, -0.25) is 0 Å². The number of hydrogen-bond acceptors (Lipinski definition) is 1. The molecule has 0 bridgehead atoms. The Morgan fingerprint density at radius 2 is 2.18 bits per heavy atom. The normalized spacial score (nSPS) is 37.9. The first-order valence-electron chi connectivity index (χ1n) is 3.79. The van der Waals surface area contributed by atoms with Gasteiger partial charge in [0.15, 0.2) is 0 Å². The van der Waals surface area contributed by atoms with Gasteiger partial charge in [0.05, 0.1) is 10.5 Å². The van der Waals surface area contributed by atoms with Crippen LogP contribution in [-0.2, 0) is 0 Å². The first kappa shape index (κ1) is 11.9. The van der Waals surface area contributed by atoms with Crippen LogP contribution < -0.4 is 18.1 Å². The SMILES string of the molecule is [Cl-].[NH3+][C@]1(CO)CCCC[C@H]1I. The predicted molar refractivity (Wildman–Crippen MR) is 49.0 cm³/mol. The first-order valence-corrected chi connectivity index (χ1v) is 5.04. The molecule has 2 atom stereocenters. The zero-order valence-electron chi connectivity index (χ0n) is 6.52. The Balaban J connectivity index is 0.000001000. The molecule has 11 heavy (non-hydrogen) atoms. The summed E-state index contributed by atoms with van der Waals surface area (Å²) in [6.45, 7) is 0.251. The second-order valence-electron chi connectivity index (χ2n) is 3.23. The summed E-state index contributed by atoms with van der Waals surface area (Å²) < 4.78 is 0.573. The van der Waals surface area contributed by atoms with Crippen LogP contribution in [0.15, 0.2) is 0 Å². The quantitative estimate of drug-likeness (QED) is 0.402. The number of aliphatic hydroxyl groups excluding tert-OH is 1. The molecule has 0 aromatic heterocycles. The van der Waals surface area contributed by atoms with Gasteiger partial charge in [0.25, 0.3) is 0 Å². The van der Waals surface area contributed by atoms with Crippen molar-refractivity contribution in [3.05, 3.63) is 0 Å². The summed E-state index contributed by atoms with van der Waals surface area (Å²) in [6, 6.07) is 0. The molecule has 1 aliphatic rings. The summed E-state index contributed by atoms with van der Waals surface area (Å²) in [6.07, 6.45) is 4.87. The molecule has 1 fully saturated rings. The Bertz CT molecular complexity index is 125. The Kier molecular flexibility index (Phi) is 5.26. The molecule has 0 unspecified atom stereocenters. The van der Waals surface area contributed by atoms with E-state index >= 15 is 0 Å². The molecule has 0 spiro atoms. The smallest absolute Gasteiger partial charge is 0.130 e. The molecule has 0 radical (unpaired) electrons. The van der Waals surface area contributed by atoms with E-state index in [4.69, 9.17) is 5.11 Å². The van der Waals surface area contributed by atoms with E-state index in [1.807, 2.05) is 0 Å². The van der Waals surface area contributed by atoms with Gasteiger partial charge >= 0.3 is 0 Å². The fraction of sp³-hybridized carbons (Fsp3) is 1.00. The molecule has 1 rings (SSSR count). The molecule has 0 amide bonds. The van der Waals surface area contributed by atoms with Crippen molar-refractivity contribution in [3.8, 4) is 0 Å². The summed E-state index contributed by atoms with van der Waals surface area (Å²) in [5.41, 5.74) is 4.04. The number of hydrogen-bond donors (Lipinski definition) is 2. The van der Waals surface area contributed by atoms with Gasteiger partial charge in [-0.25, -0.2) is 0 Å². The maximum Gasteiger partial charge on any atom is 0.130 e. The third-order valence-corrected chi connectivity index (χ3v) is 4.31. The third kappa shape index (κ3) is 2.72. The average Bonchev–Trinajstić information content (AvgIpc) is 1.96. The van der Waals surface area contributed by atoms with Crippen LogP contribution >= 0.6 is 22.6 Å². The molecule has 0 heterocycles. The molecular weight excluding hydrogens is 276 g/mol. The molecule has 2 nitrogen and oxygen atoms in total. The molecule has 1 saturated carbocycles. The van der Waals surface area contributed by atoms with Crippen LogP contribution in [0.3, 0.4) is 0 Å². The second-order valence-corrected chi connectivity index (χ2v) is 4.74. The highest BCUT2D eigenvalue weighted by molar-refractivity contribution is 14.1. The summed E-state index contributed by atoms with van der Waals surface area (Å²) in [5.74, 6) is 0. The van der Waals surface area contributed by atoms with Crippen LogP contribution in [0.2, 0.25) is 0 Å². The van der Waals surface area contributed by atoms with E-state index in [9.17, 15) is 0 Å². The maximum absolute atomic E-state index is 9.05. The van der Waals surface area contributed by atoms with E-state index in [1.54, 1.807) is 0 Å². The third-order valence-electron chi connectivity index (χ3n) is 2.36. The van der Waals surface area contributed by atoms with Crippen LogP contribution in [0.25, 0.3) is 0 Å². The summed E-state index contributed by atoms with van der Waals surface area (Å²) in [5, 5.41) is 9.05. The minimum Gasteiger partial charge on any atom is -1.00 e. The zero-order chi connectivity index (χ0) is 7.61. The predicted octanol–water partition coefficient (Wildman–Crippen LogP) is -2.66. The number of quaternary nitrogens is 1. The molecule has 1 aliphatic carbocycles. The fourth-order valence-electron chi connectivity index (χ4n) is 1.44. The van der Waals surface area contributed by atoms with Gasteiger partial charge < -0.3 is 23.2 Å². The summed E-state index contributed by atoms with van der Waals surface area (Å²) in [7, 11) is 0. The second kappa shape index (κ2) is 4.84. The van der Waals surface area contributed by atoms with E-state index in [1.165, 1.54) is 19.3 Å². The molecule has 4 N–H and O–H groups in total. The van der Waals surface area contributed by atoms with Gasteiger partial charge in [0.2, 0.25) is 0 Å². The molecule has 0 aliphatic heterocycles. The van der Waals surface area contributed by atoms with Gasteiger partial charge in [-0.15, -0.1) is 0 Å². The van der Waals surface area contributed by atoms with Crippen molar-refractivity contribution in [2.24, 2.45) is 0 Å². The Hall–Kier alpha value is 0.940. The maximum atomic E-state index is 9.05. The highest BCUT2D eigenvalue weighted by Gasteiger charge is 2.38. The zero-order valence-corrected chi connectivity index (χ0v) is 9.44. The fourth-order valence-corrected chi connectivity index (χ4v) is 2.39. The van der Waals surface area contributed by atoms with E-state index in [-0.39, 0.29) is 24.6 Å². The Morgan fingerprint density at radius 3 is 2.55 bits per heavy atom. The average molecular weight is 292 g/mol. The molecule has 0 saturated heterocycles. The molecule has 4 heteroatoms. The largest absolute Gasteiger partial charge is 1.00 e. The van der Waals surface area contributed by atoms with E-state index in [0.29, 0.717) is 3.92 Å². The summed E-state index contributed by atoms with van der Waals surface area (Å²) in [4.78, 5) is 0. The minimum atomic E-state index is -0.0290. The van der Waals surface area contributed by atoms with Gasteiger partial charge in [-0.05, 0) is 12.8 Å². The van der Waals surface area contributed by atoms with Crippen LogP contribution in [0.1, 0.15) is 25.7 Å². The molecular formula is C7H15ClINO. The number of alkyl halides is 1. The lowest BCUT2D eigenvalue weighted by Gasteiger charge is -2.32. The monoisotopic (exact) mass is 291 g/mol. The van der Waals surface area contributed by atoms with Crippen molar-refractivity contribution in [1.82, 2.24) is 0 Å². The highest BCUT2D eigenvalue weighted by atomic mass is 127. The Labute approximate surface area is 87.5 Å². The standard InChI is InChI=1S/C7H14INO.ClH/c8-6-3-1-2-4-7(6,9)5-10;/h6,10H,1-5,9H2;1H/t6-,7+;/m1./s1. The van der Waals surface area contributed by atoms with Gasteiger partial charge in [0.1, 0.15) is 5.54 Å². The lowest BCUT2D eigenvalue weighted by Crippen LogP contribution is -3.00. The Morgan fingerprint density at radius 1 is 1.55 bits per heavy atom. The van der Waals surface area contributed by atoms with E-state index in [2.05, 4.69) is 28.3 Å². The van der Waals surface area contributed by atoms with E-state index in [0.717, 1.165) is 6.42 Å². The van der Waals surface area contributed by atoms with Crippen LogP contribution in [-0.4, -0.2) is 21.2 Å². The lowest BCUT2D eigenvalue weighted by molar-refractivity contribution is -0.486. The molecule has 0 aromatic carbocycles. The van der Waals surface area contributed by atoms with Crippen LogP contribution in [0.4, 0.5) is 0 Å². The van der Waals surface area contributed by atoms with E-state index < -0.39 is 0 Å². The van der Waals surface area contributed by atoms with Crippen molar-refractivity contribution in [1.29, 1.82) is 0 Å². The van der Waals surface area contributed by atoms with Crippen LogP contribution in [0.5, 0.6) is 0 Å². The lowest BCUT2D eigenvalue weighted by atomic mass is 9.83. The topological polar surface area (TPSA) is 47.9 Å².